The lowest BCUT2D eigenvalue weighted by molar-refractivity contribution is 0.0439. The second-order valence-electron chi connectivity index (χ2n) is 10.1. The van der Waals surface area contributed by atoms with E-state index in [4.69, 9.17) is 0 Å². The highest BCUT2D eigenvalue weighted by Crippen LogP contribution is 2.30. The maximum absolute atomic E-state index is 14.5. The number of likely N-dealkylation sites (tertiary alicyclic amines) is 1. The standard InChI is InChI=1S/C25H29F3N8O2/c1-32(2)13-16-14-35(15-16)23(37)22-20(28)12-29-24(31-22)33-5-7-34(8-6-33)25(38)36-21(3-4-30-36)17-9-18(26)11-19(27)10-17/h4,9-12,16,21H,3,5-8,13-15H2,1-2H3/t21-/m0/s1. The lowest BCUT2D eigenvalue weighted by Crippen LogP contribution is -2.53. The van der Waals surface area contributed by atoms with Crippen LogP contribution in [-0.2, 0) is 0 Å². The van der Waals surface area contributed by atoms with Gasteiger partial charge in [0.2, 0.25) is 5.95 Å². The summed E-state index contributed by atoms with van der Waals surface area (Å²) in [4.78, 5) is 41.3. The van der Waals surface area contributed by atoms with Crippen LogP contribution < -0.4 is 4.90 Å². The van der Waals surface area contributed by atoms with Gasteiger partial charge in [0.15, 0.2) is 11.5 Å². The van der Waals surface area contributed by atoms with Crippen LogP contribution in [0.15, 0.2) is 29.5 Å². The largest absolute Gasteiger partial charge is 0.341 e. The van der Waals surface area contributed by atoms with Crippen molar-refractivity contribution in [1.29, 1.82) is 0 Å². The van der Waals surface area contributed by atoms with Gasteiger partial charge in [-0.3, -0.25) is 4.79 Å². The van der Waals surface area contributed by atoms with Gasteiger partial charge in [0.05, 0.1) is 12.2 Å². The molecule has 0 aliphatic carbocycles. The zero-order chi connectivity index (χ0) is 27.0. The highest BCUT2D eigenvalue weighted by molar-refractivity contribution is 5.93. The van der Waals surface area contributed by atoms with Crippen molar-refractivity contribution in [2.75, 3.05) is 64.8 Å². The van der Waals surface area contributed by atoms with Crippen LogP contribution >= 0.6 is 0 Å². The molecule has 0 radical (unpaired) electrons. The van der Waals surface area contributed by atoms with Crippen molar-refractivity contribution in [2.24, 2.45) is 11.0 Å². The predicted octanol–water partition coefficient (Wildman–Crippen LogP) is 2.20. The number of carbonyl (C=O) groups is 2. The molecule has 0 saturated carbocycles. The number of hydrazone groups is 1. The molecule has 0 bridgehead atoms. The Morgan fingerprint density at radius 1 is 1.00 bits per heavy atom. The van der Waals surface area contributed by atoms with Crippen molar-refractivity contribution in [3.05, 3.63) is 53.1 Å². The van der Waals surface area contributed by atoms with Crippen LogP contribution in [0.25, 0.3) is 0 Å². The Hall–Kier alpha value is -3.74. The van der Waals surface area contributed by atoms with Gasteiger partial charge in [-0.1, -0.05) is 0 Å². The van der Waals surface area contributed by atoms with E-state index in [1.165, 1.54) is 17.1 Å². The molecule has 3 amide bonds. The minimum absolute atomic E-state index is 0.222. The molecule has 3 aliphatic heterocycles. The number of halogens is 3. The van der Waals surface area contributed by atoms with Crippen molar-refractivity contribution < 1.29 is 22.8 Å². The summed E-state index contributed by atoms with van der Waals surface area (Å²) >= 11 is 0. The van der Waals surface area contributed by atoms with Crippen molar-refractivity contribution >= 4 is 24.1 Å². The Labute approximate surface area is 218 Å². The van der Waals surface area contributed by atoms with Crippen LogP contribution in [0.4, 0.5) is 23.9 Å². The van der Waals surface area contributed by atoms with E-state index in [-0.39, 0.29) is 17.7 Å². The van der Waals surface area contributed by atoms with E-state index in [2.05, 4.69) is 20.0 Å². The molecule has 1 aromatic carbocycles. The van der Waals surface area contributed by atoms with Crippen molar-refractivity contribution in [2.45, 2.75) is 12.5 Å². The van der Waals surface area contributed by atoms with E-state index < -0.39 is 29.4 Å². The molecule has 0 N–H and O–H groups in total. The third kappa shape index (κ3) is 5.28. The van der Waals surface area contributed by atoms with Crippen LogP contribution in [0.2, 0.25) is 0 Å². The van der Waals surface area contributed by atoms with Gasteiger partial charge in [-0.2, -0.15) is 5.10 Å². The highest BCUT2D eigenvalue weighted by Gasteiger charge is 2.36. The highest BCUT2D eigenvalue weighted by atomic mass is 19.1. The molecule has 202 valence electrons. The second-order valence-corrected chi connectivity index (χ2v) is 10.1. The minimum Gasteiger partial charge on any atom is -0.337 e. The molecule has 13 heteroatoms. The first-order valence-corrected chi connectivity index (χ1v) is 12.5. The summed E-state index contributed by atoms with van der Waals surface area (Å²) in [6.45, 7) is 3.28. The molecule has 2 fully saturated rings. The number of nitrogens with zero attached hydrogens (tertiary/aromatic N) is 8. The summed E-state index contributed by atoms with van der Waals surface area (Å²) in [5.41, 5.74) is 0.0764. The van der Waals surface area contributed by atoms with E-state index in [1.807, 2.05) is 14.1 Å². The number of amides is 3. The van der Waals surface area contributed by atoms with E-state index in [9.17, 15) is 22.8 Å². The summed E-state index contributed by atoms with van der Waals surface area (Å²) in [7, 11) is 3.94. The Bertz CT molecular complexity index is 1220. The summed E-state index contributed by atoms with van der Waals surface area (Å²) in [6, 6.07) is 2.21. The number of benzene rings is 1. The van der Waals surface area contributed by atoms with E-state index >= 15 is 0 Å². The van der Waals surface area contributed by atoms with Crippen molar-refractivity contribution in [1.82, 2.24) is 29.7 Å². The molecule has 3 aliphatic rings. The molecule has 2 aromatic rings. The summed E-state index contributed by atoms with van der Waals surface area (Å²) in [6.07, 6.45) is 2.90. The third-order valence-electron chi connectivity index (χ3n) is 6.93. The zero-order valence-electron chi connectivity index (χ0n) is 21.2. The molecule has 5 rings (SSSR count). The molecule has 2 saturated heterocycles. The zero-order valence-corrected chi connectivity index (χ0v) is 21.2. The van der Waals surface area contributed by atoms with Gasteiger partial charge in [-0.25, -0.2) is 32.9 Å². The fourth-order valence-corrected chi connectivity index (χ4v) is 5.06. The number of piperazine rings is 1. The summed E-state index contributed by atoms with van der Waals surface area (Å²) in [5.74, 6) is -2.08. The van der Waals surface area contributed by atoms with Crippen LogP contribution in [0.3, 0.4) is 0 Å². The molecule has 4 heterocycles. The van der Waals surface area contributed by atoms with Crippen LogP contribution in [0.1, 0.15) is 28.5 Å². The predicted molar refractivity (Wildman–Crippen MR) is 133 cm³/mol. The quantitative estimate of drug-likeness (QED) is 0.589. The summed E-state index contributed by atoms with van der Waals surface area (Å²) in [5, 5.41) is 5.39. The fourth-order valence-electron chi connectivity index (χ4n) is 5.06. The molecule has 1 atom stereocenters. The van der Waals surface area contributed by atoms with Crippen molar-refractivity contribution in [3.63, 3.8) is 0 Å². The number of aromatic nitrogens is 2. The average molecular weight is 531 g/mol. The van der Waals surface area contributed by atoms with Crippen LogP contribution in [-0.4, -0.2) is 108 Å². The van der Waals surface area contributed by atoms with Crippen molar-refractivity contribution in [3.8, 4) is 0 Å². The first kappa shape index (κ1) is 25.9. The van der Waals surface area contributed by atoms with Crippen LogP contribution in [0, 0.1) is 23.4 Å². The maximum atomic E-state index is 14.5. The fraction of sp³-hybridized carbons (Fsp3) is 0.480. The normalized spacial score (nSPS) is 19.9. The number of hydrogen-bond acceptors (Lipinski definition) is 7. The van der Waals surface area contributed by atoms with E-state index in [0.717, 1.165) is 18.8 Å². The number of anilines is 1. The maximum Gasteiger partial charge on any atom is 0.341 e. The number of rotatable bonds is 5. The Morgan fingerprint density at radius 3 is 2.34 bits per heavy atom. The third-order valence-corrected chi connectivity index (χ3v) is 6.93. The minimum atomic E-state index is -0.768. The van der Waals surface area contributed by atoms with Gasteiger partial charge in [0, 0.05) is 70.4 Å². The lowest BCUT2D eigenvalue weighted by Gasteiger charge is -2.40. The molecule has 0 spiro atoms. The Kier molecular flexibility index (Phi) is 7.19. The number of carbonyl (C=O) groups excluding carboxylic acids is 2. The van der Waals surface area contributed by atoms with Gasteiger partial charge < -0.3 is 19.6 Å². The SMILES string of the molecule is CN(C)CC1CN(C(=O)c2nc(N3CCN(C(=O)N4N=CC[C@H]4c4cc(F)cc(F)c4)CC3)ncc2F)C1. The van der Waals surface area contributed by atoms with E-state index in [1.54, 1.807) is 20.9 Å². The molecule has 1 aromatic heterocycles. The first-order valence-electron chi connectivity index (χ1n) is 12.5. The average Bonchev–Trinajstić information content (AvgIpc) is 3.35. The molecule has 0 unspecified atom stereocenters. The van der Waals surface area contributed by atoms with Gasteiger partial charge in [0.1, 0.15) is 11.6 Å². The molecule has 38 heavy (non-hydrogen) atoms. The van der Waals surface area contributed by atoms with Gasteiger partial charge in [-0.05, 0) is 31.8 Å². The topological polar surface area (TPSA) is 88.5 Å². The van der Waals surface area contributed by atoms with E-state index in [0.29, 0.717) is 57.2 Å². The van der Waals surface area contributed by atoms with Crippen LogP contribution in [0.5, 0.6) is 0 Å². The monoisotopic (exact) mass is 530 g/mol. The Balaban J connectivity index is 1.21. The first-order chi connectivity index (χ1) is 18.2. The lowest BCUT2D eigenvalue weighted by atomic mass is 9.99. The number of urea groups is 1. The van der Waals surface area contributed by atoms with Gasteiger partial charge in [-0.15, -0.1) is 0 Å². The van der Waals surface area contributed by atoms with Gasteiger partial charge >= 0.3 is 6.03 Å². The molecular weight excluding hydrogens is 501 g/mol. The molecule has 10 nitrogen and oxygen atoms in total. The number of hydrogen-bond donors (Lipinski definition) is 0. The summed E-state index contributed by atoms with van der Waals surface area (Å²) < 4.78 is 41.9. The smallest absolute Gasteiger partial charge is 0.337 e. The molecular formula is C25H29F3N8O2. The Morgan fingerprint density at radius 2 is 1.68 bits per heavy atom. The van der Waals surface area contributed by atoms with Gasteiger partial charge in [0.25, 0.3) is 5.91 Å². The second kappa shape index (κ2) is 10.6.